The van der Waals surface area contributed by atoms with Gasteiger partial charge in [-0.25, -0.2) is 0 Å². The molecule has 1 saturated carbocycles. The molecule has 0 aromatic heterocycles. The Morgan fingerprint density at radius 1 is 1.23 bits per heavy atom. The number of carbonyl (C=O) groups excluding carboxylic acids is 1. The third kappa shape index (κ3) is 3.84. The van der Waals surface area contributed by atoms with Crippen molar-refractivity contribution in [1.29, 1.82) is 0 Å². The minimum atomic E-state index is 0. The lowest BCUT2D eigenvalue weighted by atomic mass is 10.1. The molecule has 1 amide bonds. The number of benzene rings is 1. The fraction of sp³-hybridized carbons (Fsp3) is 0.562. The summed E-state index contributed by atoms with van der Waals surface area (Å²) in [6, 6.07) is 6.01. The molecule has 1 aliphatic heterocycles. The van der Waals surface area contributed by atoms with Crippen LogP contribution in [0.3, 0.4) is 0 Å². The van der Waals surface area contributed by atoms with Crippen molar-refractivity contribution < 1.29 is 14.3 Å². The summed E-state index contributed by atoms with van der Waals surface area (Å²) < 4.78 is 11.1. The van der Waals surface area contributed by atoms with Crippen LogP contribution >= 0.6 is 12.4 Å². The summed E-state index contributed by atoms with van der Waals surface area (Å²) in [5, 5.41) is 6.18. The van der Waals surface area contributed by atoms with Gasteiger partial charge in [0.25, 0.3) is 0 Å². The molecule has 2 unspecified atom stereocenters. The predicted octanol–water partition coefficient (Wildman–Crippen LogP) is 1.71. The van der Waals surface area contributed by atoms with Crippen molar-refractivity contribution in [2.75, 3.05) is 32.8 Å². The van der Waals surface area contributed by atoms with Gasteiger partial charge in [0, 0.05) is 19.0 Å². The highest BCUT2D eigenvalue weighted by Crippen LogP contribution is 2.49. The molecule has 122 valence electrons. The number of likely N-dealkylation sites (N-methyl/N-ethyl adjacent to an activating group) is 1. The Morgan fingerprint density at radius 3 is 2.77 bits per heavy atom. The molecule has 3 rings (SSSR count). The third-order valence-electron chi connectivity index (χ3n) is 3.97. The number of nitrogens with one attached hydrogen (secondary N) is 2. The molecule has 0 radical (unpaired) electrons. The molecular formula is C16H23ClN2O3. The summed E-state index contributed by atoms with van der Waals surface area (Å²) in [5.41, 5.74) is 1.17. The lowest BCUT2D eigenvalue weighted by Crippen LogP contribution is -2.32. The van der Waals surface area contributed by atoms with Crippen LogP contribution in [0, 0.1) is 5.92 Å². The molecule has 5 nitrogen and oxygen atoms in total. The molecule has 1 fully saturated rings. The van der Waals surface area contributed by atoms with Crippen LogP contribution in [0.15, 0.2) is 18.2 Å². The second kappa shape index (κ2) is 7.70. The van der Waals surface area contributed by atoms with Crippen LogP contribution in [0.1, 0.15) is 24.8 Å². The van der Waals surface area contributed by atoms with Crippen LogP contribution in [0.2, 0.25) is 0 Å². The monoisotopic (exact) mass is 326 g/mol. The summed E-state index contributed by atoms with van der Waals surface area (Å²) in [7, 11) is 0. The number of hydrogen-bond acceptors (Lipinski definition) is 4. The van der Waals surface area contributed by atoms with E-state index in [1.165, 1.54) is 5.56 Å². The van der Waals surface area contributed by atoms with Crippen LogP contribution in [0.5, 0.6) is 11.5 Å². The largest absolute Gasteiger partial charge is 0.486 e. The molecule has 0 bridgehead atoms. The highest BCUT2D eigenvalue weighted by atomic mass is 35.5. The summed E-state index contributed by atoms with van der Waals surface area (Å²) in [5.74, 6) is 2.19. The van der Waals surface area contributed by atoms with E-state index in [9.17, 15) is 4.79 Å². The quantitative estimate of drug-likeness (QED) is 0.781. The summed E-state index contributed by atoms with van der Waals surface area (Å²) in [4.78, 5) is 12.0. The topological polar surface area (TPSA) is 59.6 Å². The van der Waals surface area contributed by atoms with Crippen molar-refractivity contribution in [3.05, 3.63) is 23.8 Å². The van der Waals surface area contributed by atoms with Crippen molar-refractivity contribution in [3.63, 3.8) is 0 Å². The Hall–Kier alpha value is -1.46. The maximum absolute atomic E-state index is 12.0. The van der Waals surface area contributed by atoms with E-state index in [-0.39, 0.29) is 24.2 Å². The maximum atomic E-state index is 12.0. The van der Waals surface area contributed by atoms with Gasteiger partial charge < -0.3 is 20.1 Å². The van der Waals surface area contributed by atoms with Crippen molar-refractivity contribution in [1.82, 2.24) is 10.6 Å². The number of hydrogen-bond donors (Lipinski definition) is 2. The third-order valence-corrected chi connectivity index (χ3v) is 3.97. The standard InChI is InChI=1S/C16H22N2O3.ClH/c1-2-17-5-6-18-16(19)13-10-12(13)11-3-4-14-15(9-11)21-8-7-20-14;/h3-4,9,12-13,17H,2,5-8,10H2,1H3,(H,18,19);1H. The van der Waals surface area contributed by atoms with Gasteiger partial charge in [0.2, 0.25) is 5.91 Å². The minimum absolute atomic E-state index is 0. The van der Waals surface area contributed by atoms with Crippen LogP contribution < -0.4 is 20.1 Å². The first-order valence-electron chi connectivity index (χ1n) is 7.67. The fourth-order valence-corrected chi connectivity index (χ4v) is 2.73. The Morgan fingerprint density at radius 2 is 2.00 bits per heavy atom. The molecule has 6 heteroatoms. The van der Waals surface area contributed by atoms with Crippen molar-refractivity contribution in [2.45, 2.75) is 19.3 Å². The van der Waals surface area contributed by atoms with E-state index >= 15 is 0 Å². The summed E-state index contributed by atoms with van der Waals surface area (Å²) in [6.45, 7) is 5.70. The average molecular weight is 327 g/mol. The van der Waals surface area contributed by atoms with Crippen LogP contribution in [0.4, 0.5) is 0 Å². The van der Waals surface area contributed by atoms with Gasteiger partial charge in [-0.3, -0.25) is 4.79 Å². The van der Waals surface area contributed by atoms with E-state index < -0.39 is 0 Å². The molecule has 1 aromatic rings. The zero-order valence-corrected chi connectivity index (χ0v) is 13.6. The van der Waals surface area contributed by atoms with Gasteiger partial charge in [-0.2, -0.15) is 0 Å². The number of carbonyl (C=O) groups is 1. The Bertz CT molecular complexity index is 524. The fourth-order valence-electron chi connectivity index (χ4n) is 2.73. The number of ether oxygens (including phenoxy) is 2. The van der Waals surface area contributed by atoms with Gasteiger partial charge in [-0.05, 0) is 36.6 Å². The first-order valence-corrected chi connectivity index (χ1v) is 7.67. The smallest absolute Gasteiger partial charge is 0.223 e. The van der Waals surface area contributed by atoms with Gasteiger partial charge >= 0.3 is 0 Å². The predicted molar refractivity (Wildman–Crippen MR) is 87.1 cm³/mol. The van der Waals surface area contributed by atoms with Crippen molar-refractivity contribution >= 4 is 18.3 Å². The number of rotatable bonds is 6. The Labute approximate surface area is 137 Å². The number of amides is 1. The normalized spacial score (nSPS) is 21.7. The molecule has 1 heterocycles. The van der Waals surface area contributed by atoms with Gasteiger partial charge in [-0.15, -0.1) is 12.4 Å². The van der Waals surface area contributed by atoms with Crippen LogP contribution in [-0.2, 0) is 4.79 Å². The first-order chi connectivity index (χ1) is 10.3. The maximum Gasteiger partial charge on any atom is 0.223 e. The second-order valence-electron chi connectivity index (χ2n) is 5.50. The molecule has 0 spiro atoms. The molecule has 1 aromatic carbocycles. The molecular weight excluding hydrogens is 304 g/mol. The highest BCUT2D eigenvalue weighted by Gasteiger charge is 2.44. The zero-order chi connectivity index (χ0) is 14.7. The zero-order valence-electron chi connectivity index (χ0n) is 12.8. The first kappa shape index (κ1) is 16.9. The lowest BCUT2D eigenvalue weighted by Gasteiger charge is -2.18. The molecule has 0 saturated heterocycles. The van der Waals surface area contributed by atoms with E-state index in [2.05, 4.69) is 17.6 Å². The van der Waals surface area contributed by atoms with Gasteiger partial charge in [-0.1, -0.05) is 13.0 Å². The minimum Gasteiger partial charge on any atom is -0.486 e. The molecule has 2 aliphatic rings. The SMILES string of the molecule is CCNCCNC(=O)C1CC1c1ccc2c(c1)OCCO2.Cl. The van der Waals surface area contributed by atoms with E-state index in [4.69, 9.17) is 9.47 Å². The van der Waals surface area contributed by atoms with Crippen molar-refractivity contribution in [3.8, 4) is 11.5 Å². The summed E-state index contributed by atoms with van der Waals surface area (Å²) in [6.07, 6.45) is 0.923. The average Bonchev–Trinajstić information content (AvgIpc) is 3.31. The van der Waals surface area contributed by atoms with E-state index in [0.29, 0.717) is 25.7 Å². The van der Waals surface area contributed by atoms with Gasteiger partial charge in [0.05, 0.1) is 0 Å². The lowest BCUT2D eigenvalue weighted by molar-refractivity contribution is -0.122. The Kier molecular flexibility index (Phi) is 5.91. The van der Waals surface area contributed by atoms with Crippen LogP contribution in [-0.4, -0.2) is 38.8 Å². The molecule has 2 atom stereocenters. The second-order valence-corrected chi connectivity index (χ2v) is 5.50. The van der Waals surface area contributed by atoms with E-state index in [1.807, 2.05) is 18.2 Å². The molecule has 2 N–H and O–H groups in total. The Balaban J connectivity index is 0.00000176. The van der Waals surface area contributed by atoms with E-state index in [0.717, 1.165) is 31.0 Å². The molecule has 1 aliphatic carbocycles. The highest BCUT2D eigenvalue weighted by molar-refractivity contribution is 5.85. The van der Waals surface area contributed by atoms with Gasteiger partial charge in [0.1, 0.15) is 13.2 Å². The number of halogens is 1. The van der Waals surface area contributed by atoms with Gasteiger partial charge in [0.15, 0.2) is 11.5 Å². The number of fused-ring (bicyclic) bond motifs is 1. The molecule has 22 heavy (non-hydrogen) atoms. The van der Waals surface area contributed by atoms with Crippen LogP contribution in [0.25, 0.3) is 0 Å². The van der Waals surface area contributed by atoms with Crippen molar-refractivity contribution in [2.24, 2.45) is 5.92 Å². The van der Waals surface area contributed by atoms with E-state index in [1.54, 1.807) is 0 Å². The summed E-state index contributed by atoms with van der Waals surface area (Å²) >= 11 is 0.